The summed E-state index contributed by atoms with van der Waals surface area (Å²) in [4.78, 5) is 9.99. The number of nitrogens with one attached hydrogen (secondary N) is 1. The molecule has 0 unspecified atom stereocenters. The lowest BCUT2D eigenvalue weighted by Gasteiger charge is -2.21. The Morgan fingerprint density at radius 1 is 1.50 bits per heavy atom. The summed E-state index contributed by atoms with van der Waals surface area (Å²) >= 11 is 0. The van der Waals surface area contributed by atoms with Gasteiger partial charge in [0.25, 0.3) is 0 Å². The van der Waals surface area contributed by atoms with E-state index < -0.39 is 0 Å². The van der Waals surface area contributed by atoms with Gasteiger partial charge in [-0.15, -0.1) is 0 Å². The third-order valence-corrected chi connectivity index (χ3v) is 2.42. The van der Waals surface area contributed by atoms with Crippen LogP contribution in [0.25, 0.3) is 0 Å². The Labute approximate surface area is 62.0 Å². The monoisotopic (exact) mass is 141 g/mol. The maximum absolute atomic E-state index is 9.99. The first-order chi connectivity index (χ1) is 4.77. The van der Waals surface area contributed by atoms with Crippen molar-refractivity contribution in [3.05, 3.63) is 0 Å². The summed E-state index contributed by atoms with van der Waals surface area (Å²) in [5.41, 5.74) is 0.404. The van der Waals surface area contributed by atoms with Crippen molar-refractivity contribution in [1.82, 2.24) is 5.32 Å². The zero-order valence-electron chi connectivity index (χ0n) is 6.52. The number of hydrogen-bond donors (Lipinski definition) is 1. The highest BCUT2D eigenvalue weighted by molar-refractivity contribution is 5.45. The van der Waals surface area contributed by atoms with E-state index in [1.165, 1.54) is 25.7 Å². The van der Waals surface area contributed by atoms with Crippen LogP contribution in [0.3, 0.4) is 0 Å². The first-order valence-corrected chi connectivity index (χ1v) is 3.94. The summed E-state index contributed by atoms with van der Waals surface area (Å²) in [7, 11) is 0. The number of carbonyl (C=O) groups is 1. The van der Waals surface area contributed by atoms with Gasteiger partial charge in [-0.25, -0.2) is 0 Å². The van der Waals surface area contributed by atoms with Gasteiger partial charge >= 0.3 is 0 Å². The van der Waals surface area contributed by atoms with Gasteiger partial charge in [0.05, 0.1) is 0 Å². The molecule has 1 N–H and O–H groups in total. The second-order valence-electron chi connectivity index (χ2n) is 3.52. The molecule has 10 heavy (non-hydrogen) atoms. The van der Waals surface area contributed by atoms with Crippen LogP contribution in [0.5, 0.6) is 0 Å². The zero-order chi connectivity index (χ0) is 7.45. The average molecular weight is 141 g/mol. The largest absolute Gasteiger partial charge is 0.358 e. The Bertz CT molecular complexity index is 116. The Balaban J connectivity index is 2.28. The van der Waals surface area contributed by atoms with E-state index in [2.05, 4.69) is 12.2 Å². The minimum Gasteiger partial charge on any atom is -0.358 e. The molecule has 1 rings (SSSR count). The number of amides is 1. The summed E-state index contributed by atoms with van der Waals surface area (Å²) < 4.78 is 0. The molecule has 2 nitrogen and oxygen atoms in total. The lowest BCUT2D eigenvalue weighted by Crippen LogP contribution is -2.28. The molecular formula is C8H15NO. The van der Waals surface area contributed by atoms with Crippen LogP contribution < -0.4 is 5.32 Å². The van der Waals surface area contributed by atoms with Crippen LogP contribution in [-0.2, 0) is 4.79 Å². The van der Waals surface area contributed by atoms with Gasteiger partial charge in [0.2, 0.25) is 6.41 Å². The van der Waals surface area contributed by atoms with Gasteiger partial charge in [0.1, 0.15) is 0 Å². The van der Waals surface area contributed by atoms with Crippen molar-refractivity contribution in [3.8, 4) is 0 Å². The van der Waals surface area contributed by atoms with Gasteiger partial charge in [-0.2, -0.15) is 0 Å². The molecule has 0 radical (unpaired) electrons. The highest BCUT2D eigenvalue weighted by atomic mass is 16.1. The van der Waals surface area contributed by atoms with Crippen molar-refractivity contribution in [2.75, 3.05) is 6.54 Å². The van der Waals surface area contributed by atoms with Gasteiger partial charge in [0.15, 0.2) is 0 Å². The van der Waals surface area contributed by atoms with E-state index in [0.717, 1.165) is 13.0 Å². The van der Waals surface area contributed by atoms with Crippen molar-refractivity contribution in [3.63, 3.8) is 0 Å². The van der Waals surface area contributed by atoms with Crippen molar-refractivity contribution < 1.29 is 4.79 Å². The van der Waals surface area contributed by atoms with Gasteiger partial charge in [0, 0.05) is 6.54 Å². The molecule has 1 amide bonds. The van der Waals surface area contributed by atoms with Gasteiger partial charge in [-0.1, -0.05) is 19.8 Å². The topological polar surface area (TPSA) is 29.1 Å². The van der Waals surface area contributed by atoms with Gasteiger partial charge in [-0.05, 0) is 18.3 Å². The smallest absolute Gasteiger partial charge is 0.207 e. The Hall–Kier alpha value is -0.530. The Kier molecular flexibility index (Phi) is 2.30. The van der Waals surface area contributed by atoms with Crippen molar-refractivity contribution in [1.29, 1.82) is 0 Å². The lowest BCUT2D eigenvalue weighted by molar-refractivity contribution is -0.109. The fourth-order valence-electron chi connectivity index (χ4n) is 1.69. The zero-order valence-corrected chi connectivity index (χ0v) is 6.52. The molecule has 0 aromatic rings. The van der Waals surface area contributed by atoms with Crippen LogP contribution in [0, 0.1) is 5.41 Å². The molecule has 58 valence electrons. The molecule has 0 bridgehead atoms. The van der Waals surface area contributed by atoms with Gasteiger partial charge in [-0.3, -0.25) is 4.79 Å². The van der Waals surface area contributed by atoms with Crippen molar-refractivity contribution >= 4 is 6.41 Å². The third-order valence-electron chi connectivity index (χ3n) is 2.42. The van der Waals surface area contributed by atoms with E-state index in [4.69, 9.17) is 0 Å². The predicted molar refractivity (Wildman–Crippen MR) is 40.6 cm³/mol. The highest BCUT2D eigenvalue weighted by Crippen LogP contribution is 2.36. The molecule has 1 aliphatic rings. The highest BCUT2D eigenvalue weighted by Gasteiger charge is 2.27. The predicted octanol–water partition coefficient (Wildman–Crippen LogP) is 1.31. The summed E-state index contributed by atoms with van der Waals surface area (Å²) in [6.07, 6.45) is 6.00. The van der Waals surface area contributed by atoms with Crippen LogP contribution in [0.4, 0.5) is 0 Å². The molecule has 1 saturated carbocycles. The number of carbonyl (C=O) groups excluding carboxylic acids is 1. The van der Waals surface area contributed by atoms with E-state index >= 15 is 0 Å². The first kappa shape index (κ1) is 7.58. The maximum Gasteiger partial charge on any atom is 0.207 e. The third kappa shape index (κ3) is 1.72. The minimum absolute atomic E-state index is 0.404. The van der Waals surface area contributed by atoms with Crippen molar-refractivity contribution in [2.45, 2.75) is 32.6 Å². The standard InChI is InChI=1S/C8H15NO/c1-8(6-9-7-10)4-2-3-5-8/h7H,2-6H2,1H3,(H,9,10). The van der Waals surface area contributed by atoms with E-state index in [9.17, 15) is 4.79 Å². The average Bonchev–Trinajstić information content (AvgIpc) is 2.33. The number of rotatable bonds is 3. The van der Waals surface area contributed by atoms with Gasteiger partial charge < -0.3 is 5.32 Å². The van der Waals surface area contributed by atoms with Crippen LogP contribution in [0.1, 0.15) is 32.6 Å². The second-order valence-corrected chi connectivity index (χ2v) is 3.52. The summed E-state index contributed by atoms with van der Waals surface area (Å²) in [6, 6.07) is 0. The Morgan fingerprint density at radius 3 is 2.60 bits per heavy atom. The molecule has 0 saturated heterocycles. The number of hydrogen-bond acceptors (Lipinski definition) is 1. The van der Waals surface area contributed by atoms with E-state index in [1.807, 2.05) is 0 Å². The molecule has 0 aliphatic heterocycles. The van der Waals surface area contributed by atoms with Crippen LogP contribution in [0.15, 0.2) is 0 Å². The summed E-state index contributed by atoms with van der Waals surface area (Å²) in [5, 5.41) is 2.75. The molecular weight excluding hydrogens is 126 g/mol. The van der Waals surface area contributed by atoms with E-state index in [-0.39, 0.29) is 0 Å². The molecule has 0 aromatic heterocycles. The molecule has 1 aliphatic carbocycles. The van der Waals surface area contributed by atoms with Crippen LogP contribution in [-0.4, -0.2) is 13.0 Å². The molecule has 0 heterocycles. The second kappa shape index (κ2) is 3.04. The normalized spacial score (nSPS) is 22.5. The SMILES string of the molecule is CC1(CNC=O)CCCC1. The molecule has 0 spiro atoms. The Morgan fingerprint density at radius 2 is 2.10 bits per heavy atom. The lowest BCUT2D eigenvalue weighted by atomic mass is 9.89. The van der Waals surface area contributed by atoms with E-state index in [0.29, 0.717) is 5.41 Å². The molecule has 1 fully saturated rings. The van der Waals surface area contributed by atoms with Crippen molar-refractivity contribution in [2.24, 2.45) is 5.41 Å². The molecule has 2 heteroatoms. The first-order valence-electron chi connectivity index (χ1n) is 3.94. The maximum atomic E-state index is 9.99. The minimum atomic E-state index is 0.404. The molecule has 0 aromatic carbocycles. The molecule has 0 atom stereocenters. The summed E-state index contributed by atoms with van der Waals surface area (Å²) in [6.45, 7) is 3.10. The fraction of sp³-hybridized carbons (Fsp3) is 0.875. The fourth-order valence-corrected chi connectivity index (χ4v) is 1.69. The quantitative estimate of drug-likeness (QED) is 0.590. The summed E-state index contributed by atoms with van der Waals surface area (Å²) in [5.74, 6) is 0. The van der Waals surface area contributed by atoms with E-state index in [1.54, 1.807) is 0 Å². The van der Waals surface area contributed by atoms with Crippen LogP contribution in [0.2, 0.25) is 0 Å². The van der Waals surface area contributed by atoms with Crippen LogP contribution >= 0.6 is 0 Å².